The number of fused-ring (bicyclic) bond motifs is 1. The SMILES string of the molecule is COc1ccc(S(=O)(=O)N2CCCc3c(N)cccc32)cc1Cl. The molecule has 0 unspecified atom stereocenters. The third-order valence-electron chi connectivity index (χ3n) is 3.96. The summed E-state index contributed by atoms with van der Waals surface area (Å²) in [5.74, 6) is 0.439. The number of methoxy groups -OCH3 is 1. The molecule has 0 atom stereocenters. The number of benzene rings is 2. The summed E-state index contributed by atoms with van der Waals surface area (Å²) in [7, 11) is -2.22. The standard InChI is InChI=1S/C16H17ClN2O3S/c1-22-16-8-7-11(10-13(16)17)23(20,21)19-9-3-4-12-14(18)5-2-6-15(12)19/h2,5-8,10H,3-4,9,18H2,1H3. The van der Waals surface area contributed by atoms with Gasteiger partial charge in [-0.2, -0.15) is 0 Å². The van der Waals surface area contributed by atoms with Crippen molar-refractivity contribution in [3.8, 4) is 5.75 Å². The van der Waals surface area contributed by atoms with Gasteiger partial charge in [0.1, 0.15) is 5.75 Å². The summed E-state index contributed by atoms with van der Waals surface area (Å²) in [6, 6.07) is 9.81. The van der Waals surface area contributed by atoms with Crippen LogP contribution >= 0.6 is 11.6 Å². The first-order valence-corrected chi connectivity index (χ1v) is 9.00. The summed E-state index contributed by atoms with van der Waals surface area (Å²) < 4.78 is 32.5. The Labute approximate surface area is 140 Å². The molecule has 0 aliphatic carbocycles. The predicted octanol–water partition coefficient (Wildman–Crippen LogP) is 3.07. The molecule has 0 saturated heterocycles. The first-order chi connectivity index (χ1) is 10.9. The lowest BCUT2D eigenvalue weighted by atomic mass is 10.0. The van der Waals surface area contributed by atoms with Gasteiger partial charge in [0, 0.05) is 12.2 Å². The van der Waals surface area contributed by atoms with Crippen molar-refractivity contribution < 1.29 is 13.2 Å². The van der Waals surface area contributed by atoms with E-state index in [1.807, 2.05) is 0 Å². The Bertz CT molecular complexity index is 852. The normalized spacial score (nSPS) is 14.4. The Morgan fingerprint density at radius 1 is 1.26 bits per heavy atom. The lowest BCUT2D eigenvalue weighted by Gasteiger charge is -2.31. The van der Waals surface area contributed by atoms with E-state index in [2.05, 4.69) is 0 Å². The van der Waals surface area contributed by atoms with Crippen LogP contribution in [-0.2, 0) is 16.4 Å². The van der Waals surface area contributed by atoms with E-state index < -0.39 is 10.0 Å². The van der Waals surface area contributed by atoms with Gasteiger partial charge in [-0.1, -0.05) is 17.7 Å². The number of ether oxygens (including phenoxy) is 1. The highest BCUT2D eigenvalue weighted by molar-refractivity contribution is 7.92. The van der Waals surface area contributed by atoms with E-state index in [1.54, 1.807) is 24.3 Å². The molecule has 0 radical (unpaired) electrons. The molecule has 23 heavy (non-hydrogen) atoms. The Kier molecular flexibility index (Phi) is 4.12. The number of hydrogen-bond acceptors (Lipinski definition) is 4. The van der Waals surface area contributed by atoms with E-state index in [1.165, 1.54) is 23.5 Å². The minimum Gasteiger partial charge on any atom is -0.495 e. The number of rotatable bonds is 3. The van der Waals surface area contributed by atoms with Crippen molar-refractivity contribution >= 4 is 33.0 Å². The molecule has 1 aliphatic heterocycles. The second-order valence-corrected chi connectivity index (χ2v) is 7.59. The van der Waals surface area contributed by atoms with Crippen LogP contribution in [0.4, 0.5) is 11.4 Å². The number of sulfonamides is 1. The van der Waals surface area contributed by atoms with Gasteiger partial charge in [-0.05, 0) is 48.7 Å². The fraction of sp³-hybridized carbons (Fsp3) is 0.250. The van der Waals surface area contributed by atoms with Crippen LogP contribution in [0.2, 0.25) is 5.02 Å². The van der Waals surface area contributed by atoms with Gasteiger partial charge >= 0.3 is 0 Å². The van der Waals surface area contributed by atoms with Gasteiger partial charge in [-0.3, -0.25) is 4.31 Å². The average molecular weight is 353 g/mol. The van der Waals surface area contributed by atoms with Gasteiger partial charge in [0.25, 0.3) is 10.0 Å². The quantitative estimate of drug-likeness (QED) is 0.861. The first kappa shape index (κ1) is 16.0. The third-order valence-corrected chi connectivity index (χ3v) is 6.06. The van der Waals surface area contributed by atoms with Crippen LogP contribution < -0.4 is 14.8 Å². The number of hydrogen-bond donors (Lipinski definition) is 1. The second kappa shape index (κ2) is 5.94. The molecule has 7 heteroatoms. The van der Waals surface area contributed by atoms with Crippen LogP contribution in [0.3, 0.4) is 0 Å². The number of nitrogen functional groups attached to an aromatic ring is 1. The van der Waals surface area contributed by atoms with Crippen LogP contribution in [0, 0.1) is 0 Å². The van der Waals surface area contributed by atoms with Gasteiger partial charge < -0.3 is 10.5 Å². The summed E-state index contributed by atoms with van der Waals surface area (Å²) in [6.45, 7) is 0.419. The highest BCUT2D eigenvalue weighted by Gasteiger charge is 2.30. The molecule has 122 valence electrons. The van der Waals surface area contributed by atoms with E-state index in [0.29, 0.717) is 23.7 Å². The van der Waals surface area contributed by atoms with Crippen LogP contribution in [-0.4, -0.2) is 22.1 Å². The molecular formula is C16H17ClN2O3S. The minimum absolute atomic E-state index is 0.138. The van der Waals surface area contributed by atoms with Crippen molar-refractivity contribution in [3.05, 3.63) is 47.0 Å². The maximum Gasteiger partial charge on any atom is 0.264 e. The monoisotopic (exact) mass is 352 g/mol. The van der Waals surface area contributed by atoms with Crippen LogP contribution in [0.1, 0.15) is 12.0 Å². The summed E-state index contributed by atoms with van der Waals surface area (Å²) in [5, 5.41) is 0.262. The number of anilines is 2. The largest absolute Gasteiger partial charge is 0.495 e. The van der Waals surface area contributed by atoms with Crippen LogP contribution in [0.15, 0.2) is 41.3 Å². The van der Waals surface area contributed by atoms with Crippen molar-refractivity contribution in [1.29, 1.82) is 0 Å². The number of nitrogens with two attached hydrogens (primary N) is 1. The number of halogens is 1. The van der Waals surface area contributed by atoms with Gasteiger partial charge in [0.15, 0.2) is 0 Å². The zero-order valence-corrected chi connectivity index (χ0v) is 14.2. The summed E-state index contributed by atoms with van der Waals surface area (Å²) in [6.07, 6.45) is 1.50. The van der Waals surface area contributed by atoms with E-state index >= 15 is 0 Å². The van der Waals surface area contributed by atoms with E-state index in [9.17, 15) is 8.42 Å². The van der Waals surface area contributed by atoms with Crippen molar-refractivity contribution in [1.82, 2.24) is 0 Å². The molecule has 0 spiro atoms. The zero-order chi connectivity index (χ0) is 16.6. The molecule has 0 amide bonds. The van der Waals surface area contributed by atoms with Crippen molar-refractivity contribution in [3.63, 3.8) is 0 Å². The Hall–Kier alpha value is -1.92. The highest BCUT2D eigenvalue weighted by atomic mass is 35.5. The predicted molar refractivity (Wildman–Crippen MR) is 91.7 cm³/mol. The molecule has 1 aliphatic rings. The molecule has 2 aromatic rings. The number of nitrogens with zero attached hydrogens (tertiary/aromatic N) is 1. The van der Waals surface area contributed by atoms with Crippen molar-refractivity contribution in [2.24, 2.45) is 0 Å². The van der Waals surface area contributed by atoms with E-state index in [4.69, 9.17) is 22.1 Å². The van der Waals surface area contributed by atoms with Gasteiger partial charge in [-0.25, -0.2) is 8.42 Å². The molecule has 0 aromatic heterocycles. The lowest BCUT2D eigenvalue weighted by Crippen LogP contribution is -2.35. The van der Waals surface area contributed by atoms with E-state index in [-0.39, 0.29) is 9.92 Å². The maximum absolute atomic E-state index is 13.0. The topological polar surface area (TPSA) is 72.6 Å². The molecule has 2 aromatic carbocycles. The fourth-order valence-corrected chi connectivity index (χ4v) is 4.69. The smallest absolute Gasteiger partial charge is 0.264 e. The zero-order valence-electron chi connectivity index (χ0n) is 12.6. The van der Waals surface area contributed by atoms with Gasteiger partial charge in [0.2, 0.25) is 0 Å². The highest BCUT2D eigenvalue weighted by Crippen LogP contribution is 2.36. The molecule has 1 heterocycles. The fourth-order valence-electron chi connectivity index (χ4n) is 2.80. The molecule has 5 nitrogen and oxygen atoms in total. The van der Waals surface area contributed by atoms with Crippen LogP contribution in [0.25, 0.3) is 0 Å². The van der Waals surface area contributed by atoms with Gasteiger partial charge in [-0.15, -0.1) is 0 Å². The lowest BCUT2D eigenvalue weighted by molar-refractivity contribution is 0.414. The summed E-state index contributed by atoms with van der Waals surface area (Å²) >= 11 is 6.07. The van der Waals surface area contributed by atoms with Crippen molar-refractivity contribution in [2.75, 3.05) is 23.7 Å². The van der Waals surface area contributed by atoms with E-state index in [0.717, 1.165) is 18.4 Å². The first-order valence-electron chi connectivity index (χ1n) is 7.19. The Morgan fingerprint density at radius 3 is 2.74 bits per heavy atom. The summed E-state index contributed by atoms with van der Waals surface area (Å²) in [5.41, 5.74) is 8.13. The molecule has 0 bridgehead atoms. The molecule has 3 rings (SSSR count). The Morgan fingerprint density at radius 2 is 2.04 bits per heavy atom. The molecule has 0 fully saturated rings. The molecular weight excluding hydrogens is 336 g/mol. The third kappa shape index (κ3) is 2.72. The maximum atomic E-state index is 13.0. The van der Waals surface area contributed by atoms with Crippen LogP contribution in [0.5, 0.6) is 5.75 Å². The van der Waals surface area contributed by atoms with Gasteiger partial charge in [0.05, 0.1) is 22.7 Å². The molecule has 2 N–H and O–H groups in total. The Balaban J connectivity index is 2.08. The average Bonchev–Trinajstić information content (AvgIpc) is 2.54. The summed E-state index contributed by atoms with van der Waals surface area (Å²) in [4.78, 5) is 0.138. The molecule has 0 saturated carbocycles. The van der Waals surface area contributed by atoms with Crippen molar-refractivity contribution in [2.45, 2.75) is 17.7 Å². The second-order valence-electron chi connectivity index (χ2n) is 5.32. The minimum atomic E-state index is -3.70.